The van der Waals surface area contributed by atoms with Crippen molar-refractivity contribution in [3.8, 4) is 0 Å². The second-order valence-electron chi connectivity index (χ2n) is 6.86. The largest absolute Gasteiger partial charge is 0.379 e. The monoisotopic (exact) mass is 338 g/mol. The molecule has 2 saturated heterocycles. The van der Waals surface area contributed by atoms with Crippen LogP contribution in [0.5, 0.6) is 0 Å². The standard InChI is InChI=1S/C16H30N2O.2ClH/c1-2-5-16(4-1)6-10-17(11-7-16)8-3-9-18-12-14-19-15-13-18;;/h1-15H2;2*1H. The van der Waals surface area contributed by atoms with E-state index in [9.17, 15) is 0 Å². The number of morpholine rings is 1. The molecule has 0 aromatic rings. The molecule has 3 aliphatic rings. The van der Waals surface area contributed by atoms with Gasteiger partial charge in [0.2, 0.25) is 0 Å². The summed E-state index contributed by atoms with van der Waals surface area (Å²) in [6.07, 6.45) is 10.3. The van der Waals surface area contributed by atoms with Gasteiger partial charge in [0, 0.05) is 13.1 Å². The summed E-state index contributed by atoms with van der Waals surface area (Å²) in [6, 6.07) is 0. The van der Waals surface area contributed by atoms with Gasteiger partial charge in [-0.2, -0.15) is 0 Å². The molecule has 5 heteroatoms. The molecule has 0 unspecified atom stereocenters. The van der Waals surface area contributed by atoms with Gasteiger partial charge in [0.1, 0.15) is 0 Å². The van der Waals surface area contributed by atoms with Crippen LogP contribution in [0.4, 0.5) is 0 Å². The summed E-state index contributed by atoms with van der Waals surface area (Å²) in [5.74, 6) is 0. The minimum absolute atomic E-state index is 0. The van der Waals surface area contributed by atoms with Gasteiger partial charge in [-0.3, -0.25) is 4.90 Å². The quantitative estimate of drug-likeness (QED) is 0.782. The maximum Gasteiger partial charge on any atom is 0.0594 e. The lowest BCUT2D eigenvalue weighted by molar-refractivity contribution is 0.0345. The molecule has 0 aromatic heterocycles. The second-order valence-corrected chi connectivity index (χ2v) is 6.86. The van der Waals surface area contributed by atoms with Crippen molar-refractivity contribution >= 4 is 24.8 Å². The molecule has 3 rings (SSSR count). The molecule has 1 spiro atoms. The molecule has 126 valence electrons. The van der Waals surface area contributed by atoms with Gasteiger partial charge in [-0.05, 0) is 63.7 Å². The lowest BCUT2D eigenvalue weighted by atomic mass is 9.77. The van der Waals surface area contributed by atoms with Crippen molar-refractivity contribution in [2.75, 3.05) is 52.5 Å². The van der Waals surface area contributed by atoms with Crippen LogP contribution in [0, 0.1) is 5.41 Å². The number of nitrogens with zero attached hydrogens (tertiary/aromatic N) is 2. The Hall–Kier alpha value is 0.460. The second kappa shape index (κ2) is 9.57. The number of halogens is 2. The van der Waals surface area contributed by atoms with Crippen LogP contribution in [-0.2, 0) is 4.74 Å². The SMILES string of the molecule is C(CN1CCOCC1)CN1CCC2(CCCC2)CC1.Cl.Cl. The Bertz CT molecular complexity index is 269. The van der Waals surface area contributed by atoms with Gasteiger partial charge >= 0.3 is 0 Å². The highest BCUT2D eigenvalue weighted by atomic mass is 35.5. The summed E-state index contributed by atoms with van der Waals surface area (Å²) in [5.41, 5.74) is 0.778. The topological polar surface area (TPSA) is 15.7 Å². The van der Waals surface area contributed by atoms with Crippen LogP contribution < -0.4 is 0 Å². The molecule has 0 atom stereocenters. The van der Waals surface area contributed by atoms with Gasteiger partial charge in [0.25, 0.3) is 0 Å². The van der Waals surface area contributed by atoms with Crippen LogP contribution in [0.15, 0.2) is 0 Å². The molecule has 1 aliphatic carbocycles. The van der Waals surface area contributed by atoms with E-state index in [0.29, 0.717) is 0 Å². The highest BCUT2D eigenvalue weighted by Crippen LogP contribution is 2.45. The van der Waals surface area contributed by atoms with Crippen molar-refractivity contribution in [3.63, 3.8) is 0 Å². The summed E-state index contributed by atoms with van der Waals surface area (Å²) >= 11 is 0. The number of hydrogen-bond donors (Lipinski definition) is 0. The number of ether oxygens (including phenoxy) is 1. The van der Waals surface area contributed by atoms with Gasteiger partial charge in [0.05, 0.1) is 13.2 Å². The molecule has 21 heavy (non-hydrogen) atoms. The zero-order valence-electron chi connectivity index (χ0n) is 13.2. The van der Waals surface area contributed by atoms with Crippen molar-refractivity contribution < 1.29 is 4.74 Å². The number of rotatable bonds is 4. The molecule has 2 aliphatic heterocycles. The van der Waals surface area contributed by atoms with E-state index in [0.717, 1.165) is 31.7 Å². The average Bonchev–Trinajstić information content (AvgIpc) is 2.91. The molecule has 0 amide bonds. The van der Waals surface area contributed by atoms with Crippen LogP contribution in [0.3, 0.4) is 0 Å². The summed E-state index contributed by atoms with van der Waals surface area (Å²) < 4.78 is 5.40. The van der Waals surface area contributed by atoms with Gasteiger partial charge in [-0.1, -0.05) is 12.8 Å². The Kier molecular flexibility index (Phi) is 8.89. The van der Waals surface area contributed by atoms with Crippen molar-refractivity contribution in [1.82, 2.24) is 9.80 Å². The summed E-state index contributed by atoms with van der Waals surface area (Å²) in [7, 11) is 0. The van der Waals surface area contributed by atoms with Crippen molar-refractivity contribution in [1.29, 1.82) is 0 Å². The molecular formula is C16H32Cl2N2O. The Labute approximate surface area is 142 Å². The molecule has 0 aromatic carbocycles. The van der Waals surface area contributed by atoms with Crippen molar-refractivity contribution in [2.24, 2.45) is 5.41 Å². The smallest absolute Gasteiger partial charge is 0.0594 e. The van der Waals surface area contributed by atoms with E-state index >= 15 is 0 Å². The Balaban J connectivity index is 0.00000110. The van der Waals surface area contributed by atoms with E-state index in [1.165, 1.54) is 71.1 Å². The average molecular weight is 339 g/mol. The summed E-state index contributed by atoms with van der Waals surface area (Å²) in [6.45, 7) is 9.47. The number of piperidine rings is 1. The molecule has 1 saturated carbocycles. The fourth-order valence-corrected chi connectivity index (χ4v) is 4.22. The molecule has 0 bridgehead atoms. The van der Waals surface area contributed by atoms with Crippen LogP contribution >= 0.6 is 24.8 Å². The minimum atomic E-state index is 0. The molecular weight excluding hydrogens is 307 g/mol. The predicted octanol–water partition coefficient (Wildman–Crippen LogP) is 3.21. The van der Waals surface area contributed by atoms with Gasteiger partial charge in [-0.25, -0.2) is 0 Å². The maximum atomic E-state index is 5.40. The lowest BCUT2D eigenvalue weighted by Gasteiger charge is -2.39. The van der Waals surface area contributed by atoms with E-state index < -0.39 is 0 Å². The first-order chi connectivity index (χ1) is 9.36. The molecule has 0 N–H and O–H groups in total. The first-order valence-electron chi connectivity index (χ1n) is 8.39. The lowest BCUT2D eigenvalue weighted by Crippen LogP contribution is -2.41. The van der Waals surface area contributed by atoms with Crippen LogP contribution in [0.1, 0.15) is 44.9 Å². The number of likely N-dealkylation sites (tertiary alicyclic amines) is 1. The summed E-state index contributed by atoms with van der Waals surface area (Å²) in [4.78, 5) is 5.27. The van der Waals surface area contributed by atoms with Gasteiger partial charge in [-0.15, -0.1) is 24.8 Å². The maximum absolute atomic E-state index is 5.40. The first kappa shape index (κ1) is 19.5. The molecule has 2 heterocycles. The molecule has 3 fully saturated rings. The van der Waals surface area contributed by atoms with Crippen LogP contribution in [0.25, 0.3) is 0 Å². The minimum Gasteiger partial charge on any atom is -0.379 e. The third-order valence-corrected chi connectivity index (χ3v) is 5.63. The zero-order chi connectivity index (χ0) is 13.0. The van der Waals surface area contributed by atoms with Crippen molar-refractivity contribution in [2.45, 2.75) is 44.9 Å². The Morgan fingerprint density at radius 1 is 0.714 bits per heavy atom. The summed E-state index contributed by atoms with van der Waals surface area (Å²) in [5, 5.41) is 0. The van der Waals surface area contributed by atoms with Gasteiger partial charge < -0.3 is 9.64 Å². The van der Waals surface area contributed by atoms with E-state index in [1.54, 1.807) is 0 Å². The van der Waals surface area contributed by atoms with E-state index in [-0.39, 0.29) is 24.8 Å². The van der Waals surface area contributed by atoms with Crippen LogP contribution in [0.2, 0.25) is 0 Å². The Morgan fingerprint density at radius 2 is 1.24 bits per heavy atom. The highest BCUT2D eigenvalue weighted by molar-refractivity contribution is 5.85. The molecule has 3 nitrogen and oxygen atoms in total. The normalized spacial score (nSPS) is 26.3. The fourth-order valence-electron chi connectivity index (χ4n) is 4.22. The van der Waals surface area contributed by atoms with Crippen LogP contribution in [-0.4, -0.2) is 62.3 Å². The third kappa shape index (κ3) is 5.54. The van der Waals surface area contributed by atoms with Crippen molar-refractivity contribution in [3.05, 3.63) is 0 Å². The third-order valence-electron chi connectivity index (χ3n) is 5.63. The Morgan fingerprint density at radius 3 is 1.81 bits per heavy atom. The zero-order valence-corrected chi connectivity index (χ0v) is 14.9. The van der Waals surface area contributed by atoms with E-state index in [1.807, 2.05) is 0 Å². The van der Waals surface area contributed by atoms with E-state index in [2.05, 4.69) is 9.80 Å². The first-order valence-corrected chi connectivity index (χ1v) is 8.39. The highest BCUT2D eigenvalue weighted by Gasteiger charge is 2.36. The predicted molar refractivity (Wildman–Crippen MR) is 92.9 cm³/mol. The molecule has 0 radical (unpaired) electrons. The number of hydrogen-bond acceptors (Lipinski definition) is 3. The fraction of sp³-hybridized carbons (Fsp3) is 1.00. The van der Waals surface area contributed by atoms with E-state index in [4.69, 9.17) is 4.74 Å². The van der Waals surface area contributed by atoms with Gasteiger partial charge in [0.15, 0.2) is 0 Å².